The highest BCUT2D eigenvalue weighted by atomic mass is 19.1. The van der Waals surface area contributed by atoms with E-state index < -0.39 is 11.8 Å². The molecule has 0 saturated heterocycles. The van der Waals surface area contributed by atoms with E-state index in [1.165, 1.54) is 85.8 Å². The van der Waals surface area contributed by atoms with Crippen LogP contribution in [0.5, 0.6) is 11.5 Å². The van der Waals surface area contributed by atoms with E-state index in [9.17, 15) is 23.5 Å². The van der Waals surface area contributed by atoms with Gasteiger partial charge in [-0.05, 0) is 73.0 Å². The predicted molar refractivity (Wildman–Crippen MR) is 118 cm³/mol. The number of aromatic hydroxyl groups is 1. The van der Waals surface area contributed by atoms with Crippen LogP contribution < -0.4 is 4.74 Å². The van der Waals surface area contributed by atoms with Crippen molar-refractivity contribution >= 4 is 23.9 Å². The number of esters is 1. The SMILES string of the molecule is Cc1cc(C(=O)/C=C/c2ccc(F)cc2)c(O)c(C)c1OC(=O)/C=C/c1ccc(F)cc1. The van der Waals surface area contributed by atoms with Crippen molar-refractivity contribution < 1.29 is 28.2 Å². The van der Waals surface area contributed by atoms with Gasteiger partial charge in [0.2, 0.25) is 0 Å². The average molecular weight is 434 g/mol. The molecular formula is C26H20F2O4. The minimum absolute atomic E-state index is 0.0556. The number of benzene rings is 3. The third kappa shape index (κ3) is 5.55. The molecule has 3 aromatic rings. The number of hydrogen-bond donors (Lipinski definition) is 1. The minimum atomic E-state index is -0.685. The van der Waals surface area contributed by atoms with Gasteiger partial charge in [-0.2, -0.15) is 0 Å². The molecule has 0 aliphatic rings. The number of allylic oxidation sites excluding steroid dienone is 1. The molecule has 4 nitrogen and oxygen atoms in total. The number of carbonyl (C=O) groups is 2. The molecule has 0 radical (unpaired) electrons. The van der Waals surface area contributed by atoms with Gasteiger partial charge in [-0.25, -0.2) is 13.6 Å². The Morgan fingerprint density at radius 2 is 1.34 bits per heavy atom. The standard InChI is InChI=1S/C26H20F2O4/c1-16-15-22(23(29)13-7-18-3-9-20(27)10-4-18)25(31)17(2)26(16)32-24(30)14-8-19-5-11-21(28)12-6-19/h3-15,31H,1-2H3/b13-7+,14-8+. The van der Waals surface area contributed by atoms with Crippen LogP contribution in [0, 0.1) is 25.5 Å². The van der Waals surface area contributed by atoms with Crippen molar-refractivity contribution in [3.8, 4) is 11.5 Å². The predicted octanol–water partition coefficient (Wildman–Crippen LogP) is 5.80. The number of hydrogen-bond acceptors (Lipinski definition) is 4. The maximum atomic E-state index is 13.0. The summed E-state index contributed by atoms with van der Waals surface area (Å²) in [5.41, 5.74) is 2.04. The van der Waals surface area contributed by atoms with E-state index in [-0.39, 0.29) is 34.3 Å². The Labute approximate surface area is 184 Å². The minimum Gasteiger partial charge on any atom is -0.507 e. The van der Waals surface area contributed by atoms with Gasteiger partial charge in [0.25, 0.3) is 0 Å². The highest BCUT2D eigenvalue weighted by Gasteiger charge is 2.18. The highest BCUT2D eigenvalue weighted by molar-refractivity contribution is 6.09. The molecule has 6 heteroatoms. The highest BCUT2D eigenvalue weighted by Crippen LogP contribution is 2.34. The first kappa shape index (κ1) is 22.6. The smallest absolute Gasteiger partial charge is 0.336 e. The molecular weight excluding hydrogens is 414 g/mol. The molecule has 3 rings (SSSR count). The molecule has 0 atom stereocenters. The molecule has 0 bridgehead atoms. The second-order valence-electron chi connectivity index (χ2n) is 7.10. The van der Waals surface area contributed by atoms with Crippen molar-refractivity contribution in [1.82, 2.24) is 0 Å². The second kappa shape index (κ2) is 9.83. The average Bonchev–Trinajstić information content (AvgIpc) is 2.78. The van der Waals surface area contributed by atoms with E-state index in [1.54, 1.807) is 6.92 Å². The number of aryl methyl sites for hydroxylation is 1. The van der Waals surface area contributed by atoms with Crippen molar-refractivity contribution in [3.05, 3.63) is 106 Å². The molecule has 0 heterocycles. The summed E-state index contributed by atoms with van der Waals surface area (Å²) in [5, 5.41) is 10.5. The fraction of sp³-hybridized carbons (Fsp3) is 0.0769. The lowest BCUT2D eigenvalue weighted by Gasteiger charge is -2.13. The summed E-state index contributed by atoms with van der Waals surface area (Å²) in [5.74, 6) is -2.05. The number of carbonyl (C=O) groups excluding carboxylic acids is 2. The molecule has 32 heavy (non-hydrogen) atoms. The van der Waals surface area contributed by atoms with Gasteiger partial charge in [-0.1, -0.05) is 30.3 Å². The monoisotopic (exact) mass is 434 g/mol. The summed E-state index contributed by atoms with van der Waals surface area (Å²) >= 11 is 0. The molecule has 0 amide bonds. The van der Waals surface area contributed by atoms with Crippen LogP contribution in [0.2, 0.25) is 0 Å². The first-order valence-corrected chi connectivity index (χ1v) is 9.71. The van der Waals surface area contributed by atoms with Crippen LogP contribution in [0.1, 0.15) is 32.6 Å². The molecule has 162 valence electrons. The Bertz CT molecular complexity index is 1210. The molecule has 0 aliphatic heterocycles. The number of halogens is 2. The molecule has 0 aromatic heterocycles. The molecule has 0 spiro atoms. The van der Waals surface area contributed by atoms with Crippen LogP contribution in [0.15, 0.2) is 66.7 Å². The van der Waals surface area contributed by atoms with E-state index in [0.29, 0.717) is 16.7 Å². The maximum absolute atomic E-state index is 13.0. The first-order valence-electron chi connectivity index (χ1n) is 9.71. The molecule has 1 N–H and O–H groups in total. The van der Waals surface area contributed by atoms with Crippen LogP contribution in [-0.4, -0.2) is 16.9 Å². The molecule has 0 aliphatic carbocycles. The van der Waals surface area contributed by atoms with Gasteiger partial charge < -0.3 is 9.84 Å². The Balaban J connectivity index is 1.77. The largest absolute Gasteiger partial charge is 0.507 e. The number of ketones is 1. The summed E-state index contributed by atoms with van der Waals surface area (Å²) in [4.78, 5) is 24.8. The Morgan fingerprint density at radius 3 is 1.88 bits per heavy atom. The van der Waals surface area contributed by atoms with E-state index >= 15 is 0 Å². The summed E-state index contributed by atoms with van der Waals surface area (Å²) < 4.78 is 31.3. The van der Waals surface area contributed by atoms with Crippen LogP contribution in [0.4, 0.5) is 8.78 Å². The van der Waals surface area contributed by atoms with Crippen molar-refractivity contribution in [2.24, 2.45) is 0 Å². The van der Waals surface area contributed by atoms with Gasteiger partial charge in [-0.15, -0.1) is 0 Å². The summed E-state index contributed by atoms with van der Waals surface area (Å²) in [6.07, 6.45) is 5.45. The van der Waals surface area contributed by atoms with Crippen LogP contribution in [-0.2, 0) is 4.79 Å². The Morgan fingerprint density at radius 1 is 0.844 bits per heavy atom. The Kier molecular flexibility index (Phi) is 6.95. The summed E-state index contributed by atoms with van der Waals surface area (Å²) in [6, 6.07) is 12.6. The summed E-state index contributed by atoms with van der Waals surface area (Å²) in [6.45, 7) is 3.19. The van der Waals surface area contributed by atoms with Crippen molar-refractivity contribution in [2.75, 3.05) is 0 Å². The Hall–Kier alpha value is -4.06. The van der Waals surface area contributed by atoms with Gasteiger partial charge in [0, 0.05) is 11.6 Å². The molecule has 0 unspecified atom stereocenters. The lowest BCUT2D eigenvalue weighted by atomic mass is 10.00. The zero-order valence-electron chi connectivity index (χ0n) is 17.4. The van der Waals surface area contributed by atoms with E-state index in [1.807, 2.05) is 0 Å². The summed E-state index contributed by atoms with van der Waals surface area (Å²) in [7, 11) is 0. The number of phenols is 1. The number of rotatable bonds is 6. The maximum Gasteiger partial charge on any atom is 0.336 e. The first-order chi connectivity index (χ1) is 15.2. The quantitative estimate of drug-likeness (QED) is 0.230. The number of phenolic OH excluding ortho intramolecular Hbond substituents is 1. The fourth-order valence-electron chi connectivity index (χ4n) is 3.01. The number of ether oxygens (including phenoxy) is 1. The van der Waals surface area contributed by atoms with Crippen molar-refractivity contribution in [3.63, 3.8) is 0 Å². The van der Waals surface area contributed by atoms with Gasteiger partial charge in [0.15, 0.2) is 5.78 Å². The van der Waals surface area contributed by atoms with Crippen molar-refractivity contribution in [2.45, 2.75) is 13.8 Å². The fourth-order valence-corrected chi connectivity index (χ4v) is 3.01. The zero-order chi connectivity index (χ0) is 23.3. The zero-order valence-corrected chi connectivity index (χ0v) is 17.4. The van der Waals surface area contributed by atoms with E-state index in [0.717, 1.165) is 0 Å². The second-order valence-corrected chi connectivity index (χ2v) is 7.10. The molecule has 3 aromatic carbocycles. The van der Waals surface area contributed by atoms with E-state index in [2.05, 4.69) is 0 Å². The van der Waals surface area contributed by atoms with Crippen LogP contribution in [0.25, 0.3) is 12.2 Å². The third-order valence-corrected chi connectivity index (χ3v) is 4.72. The van der Waals surface area contributed by atoms with Gasteiger partial charge in [-0.3, -0.25) is 4.79 Å². The lowest BCUT2D eigenvalue weighted by molar-refractivity contribution is -0.129. The molecule has 0 fully saturated rings. The van der Waals surface area contributed by atoms with Gasteiger partial charge in [0.05, 0.1) is 5.56 Å². The normalized spacial score (nSPS) is 11.2. The van der Waals surface area contributed by atoms with Crippen LogP contribution in [0.3, 0.4) is 0 Å². The van der Waals surface area contributed by atoms with Crippen LogP contribution >= 0.6 is 0 Å². The topological polar surface area (TPSA) is 63.6 Å². The van der Waals surface area contributed by atoms with E-state index in [4.69, 9.17) is 4.74 Å². The third-order valence-electron chi connectivity index (χ3n) is 4.72. The molecule has 0 saturated carbocycles. The van der Waals surface area contributed by atoms with Crippen molar-refractivity contribution in [1.29, 1.82) is 0 Å². The lowest BCUT2D eigenvalue weighted by Crippen LogP contribution is -2.08. The van der Waals surface area contributed by atoms with Gasteiger partial charge in [0.1, 0.15) is 23.1 Å². The van der Waals surface area contributed by atoms with Gasteiger partial charge >= 0.3 is 5.97 Å².